The summed E-state index contributed by atoms with van der Waals surface area (Å²) < 4.78 is 1.92. The molecular weight excluding hydrogens is 266 g/mol. The average Bonchev–Trinajstić information content (AvgIpc) is 2.96. The number of hydrogen-bond acceptors (Lipinski definition) is 6. The first-order valence-corrected chi connectivity index (χ1v) is 7.21. The van der Waals surface area contributed by atoms with Crippen molar-refractivity contribution in [2.24, 2.45) is 0 Å². The second-order valence-corrected chi connectivity index (χ2v) is 5.42. The lowest BCUT2D eigenvalue weighted by Gasteiger charge is -2.14. The van der Waals surface area contributed by atoms with E-state index in [2.05, 4.69) is 39.2 Å². The summed E-state index contributed by atoms with van der Waals surface area (Å²) in [6.07, 6.45) is 4.71. The molecule has 2 rings (SSSR count). The van der Waals surface area contributed by atoms with E-state index in [1.165, 1.54) is 0 Å². The summed E-state index contributed by atoms with van der Waals surface area (Å²) in [5, 5.41) is 7.44. The predicted octanol–water partition coefficient (Wildman–Crippen LogP) is 1.76. The van der Waals surface area contributed by atoms with Gasteiger partial charge in [-0.15, -0.1) is 0 Å². The Hall–Kier alpha value is -2.18. The van der Waals surface area contributed by atoms with Crippen molar-refractivity contribution in [2.75, 3.05) is 30.9 Å². The SMILES string of the molecule is CC(C)c1nc(NCCCn2cccn2)nc(N(C)C)n1. The van der Waals surface area contributed by atoms with Crippen molar-refractivity contribution in [3.05, 3.63) is 24.3 Å². The lowest BCUT2D eigenvalue weighted by molar-refractivity contribution is 0.590. The molecular formula is C14H23N7. The number of aryl methyl sites for hydroxylation is 1. The summed E-state index contributed by atoms with van der Waals surface area (Å²) in [5.41, 5.74) is 0. The maximum Gasteiger partial charge on any atom is 0.229 e. The third-order valence-electron chi connectivity index (χ3n) is 2.96. The van der Waals surface area contributed by atoms with Gasteiger partial charge in [-0.25, -0.2) is 0 Å². The third kappa shape index (κ3) is 4.40. The van der Waals surface area contributed by atoms with E-state index in [1.54, 1.807) is 6.20 Å². The molecule has 7 heteroatoms. The minimum Gasteiger partial charge on any atom is -0.354 e. The third-order valence-corrected chi connectivity index (χ3v) is 2.96. The first kappa shape index (κ1) is 15.2. The van der Waals surface area contributed by atoms with Gasteiger partial charge in [0.1, 0.15) is 5.82 Å². The maximum absolute atomic E-state index is 4.47. The van der Waals surface area contributed by atoms with Gasteiger partial charge in [0, 0.05) is 45.5 Å². The largest absolute Gasteiger partial charge is 0.354 e. The Bertz CT molecular complexity index is 522. The van der Waals surface area contributed by atoms with Gasteiger partial charge in [0.2, 0.25) is 11.9 Å². The standard InChI is InChI=1S/C14H23N7/c1-11(2)12-17-13(19-14(18-12)20(3)4)15-7-5-9-21-10-6-8-16-21/h6,8,10-11H,5,7,9H2,1-4H3,(H,15,17,18,19). The normalized spacial score (nSPS) is 10.9. The zero-order valence-electron chi connectivity index (χ0n) is 13.1. The fourth-order valence-corrected chi connectivity index (χ4v) is 1.79. The highest BCUT2D eigenvalue weighted by Gasteiger charge is 2.10. The van der Waals surface area contributed by atoms with Crippen molar-refractivity contribution >= 4 is 11.9 Å². The fraction of sp³-hybridized carbons (Fsp3) is 0.571. The molecule has 0 atom stereocenters. The summed E-state index contributed by atoms with van der Waals surface area (Å²) in [4.78, 5) is 15.2. The van der Waals surface area contributed by atoms with Gasteiger partial charge in [-0.1, -0.05) is 13.8 Å². The van der Waals surface area contributed by atoms with Crippen LogP contribution in [-0.2, 0) is 6.54 Å². The van der Waals surface area contributed by atoms with Gasteiger partial charge in [0.05, 0.1) is 0 Å². The van der Waals surface area contributed by atoms with Gasteiger partial charge >= 0.3 is 0 Å². The Balaban J connectivity index is 1.95. The van der Waals surface area contributed by atoms with Crippen molar-refractivity contribution in [3.8, 4) is 0 Å². The highest BCUT2D eigenvalue weighted by Crippen LogP contribution is 2.14. The van der Waals surface area contributed by atoms with Gasteiger partial charge in [-0.05, 0) is 12.5 Å². The first-order chi connectivity index (χ1) is 10.1. The van der Waals surface area contributed by atoms with Crippen LogP contribution in [0.1, 0.15) is 32.0 Å². The van der Waals surface area contributed by atoms with Gasteiger partial charge in [-0.2, -0.15) is 20.1 Å². The summed E-state index contributed by atoms with van der Waals surface area (Å²) >= 11 is 0. The van der Waals surface area contributed by atoms with Gasteiger partial charge < -0.3 is 10.2 Å². The predicted molar refractivity (Wildman–Crippen MR) is 83.6 cm³/mol. The van der Waals surface area contributed by atoms with Gasteiger partial charge in [-0.3, -0.25) is 4.68 Å². The zero-order chi connectivity index (χ0) is 15.2. The molecule has 2 heterocycles. The number of rotatable bonds is 7. The molecule has 0 aliphatic rings. The van der Waals surface area contributed by atoms with Crippen LogP contribution in [0.3, 0.4) is 0 Å². The van der Waals surface area contributed by atoms with Crippen LogP contribution in [0.2, 0.25) is 0 Å². The van der Waals surface area contributed by atoms with Crippen LogP contribution in [0.25, 0.3) is 0 Å². The highest BCUT2D eigenvalue weighted by atomic mass is 15.3. The average molecular weight is 289 g/mol. The number of nitrogens with one attached hydrogen (secondary N) is 1. The van der Waals surface area contributed by atoms with E-state index in [1.807, 2.05) is 35.9 Å². The van der Waals surface area contributed by atoms with Crippen LogP contribution in [0, 0.1) is 0 Å². The molecule has 0 saturated heterocycles. The molecule has 0 bridgehead atoms. The van der Waals surface area contributed by atoms with Crippen molar-refractivity contribution < 1.29 is 0 Å². The highest BCUT2D eigenvalue weighted by molar-refractivity contribution is 5.36. The second-order valence-electron chi connectivity index (χ2n) is 5.42. The lowest BCUT2D eigenvalue weighted by Crippen LogP contribution is -2.18. The molecule has 0 fully saturated rings. The van der Waals surface area contributed by atoms with Gasteiger partial charge in [0.15, 0.2) is 0 Å². The fourth-order valence-electron chi connectivity index (χ4n) is 1.79. The Morgan fingerprint density at radius 1 is 1.24 bits per heavy atom. The van der Waals surface area contributed by atoms with E-state index in [9.17, 15) is 0 Å². The topological polar surface area (TPSA) is 71.8 Å². The van der Waals surface area contributed by atoms with E-state index < -0.39 is 0 Å². The summed E-state index contributed by atoms with van der Waals surface area (Å²) in [7, 11) is 3.86. The van der Waals surface area contributed by atoms with Crippen molar-refractivity contribution in [2.45, 2.75) is 32.7 Å². The molecule has 0 spiro atoms. The van der Waals surface area contributed by atoms with E-state index in [0.717, 1.165) is 25.3 Å². The van der Waals surface area contributed by atoms with E-state index in [-0.39, 0.29) is 5.92 Å². The molecule has 21 heavy (non-hydrogen) atoms. The van der Waals surface area contributed by atoms with Crippen LogP contribution in [-0.4, -0.2) is 45.4 Å². The Kier molecular flexibility index (Phi) is 5.08. The van der Waals surface area contributed by atoms with Crippen molar-refractivity contribution in [1.82, 2.24) is 24.7 Å². The lowest BCUT2D eigenvalue weighted by atomic mass is 10.2. The molecule has 0 aliphatic carbocycles. The molecule has 0 saturated carbocycles. The van der Waals surface area contributed by atoms with Crippen LogP contribution in [0.15, 0.2) is 18.5 Å². The molecule has 0 amide bonds. The van der Waals surface area contributed by atoms with E-state index >= 15 is 0 Å². The Morgan fingerprint density at radius 3 is 2.67 bits per heavy atom. The van der Waals surface area contributed by atoms with Crippen LogP contribution < -0.4 is 10.2 Å². The van der Waals surface area contributed by atoms with Crippen LogP contribution in [0.4, 0.5) is 11.9 Å². The smallest absolute Gasteiger partial charge is 0.229 e. The Labute approximate surface area is 125 Å². The molecule has 0 aromatic carbocycles. The van der Waals surface area contributed by atoms with Gasteiger partial charge in [0.25, 0.3) is 0 Å². The quantitative estimate of drug-likeness (QED) is 0.783. The number of anilines is 2. The molecule has 114 valence electrons. The molecule has 0 aliphatic heterocycles. The molecule has 1 N–H and O–H groups in total. The number of nitrogens with zero attached hydrogens (tertiary/aromatic N) is 6. The Morgan fingerprint density at radius 2 is 2.05 bits per heavy atom. The van der Waals surface area contributed by atoms with Crippen LogP contribution in [0.5, 0.6) is 0 Å². The summed E-state index contributed by atoms with van der Waals surface area (Å²) in [5.74, 6) is 2.40. The number of aromatic nitrogens is 5. The first-order valence-electron chi connectivity index (χ1n) is 7.21. The van der Waals surface area contributed by atoms with Crippen molar-refractivity contribution in [1.29, 1.82) is 0 Å². The second kappa shape index (κ2) is 7.01. The molecule has 2 aromatic rings. The summed E-state index contributed by atoms with van der Waals surface area (Å²) in [6, 6.07) is 1.93. The zero-order valence-corrected chi connectivity index (χ0v) is 13.1. The minimum absolute atomic E-state index is 0.274. The van der Waals surface area contributed by atoms with Crippen LogP contribution >= 0.6 is 0 Å². The molecule has 0 unspecified atom stereocenters. The summed E-state index contributed by atoms with van der Waals surface area (Å²) in [6.45, 7) is 5.84. The maximum atomic E-state index is 4.47. The minimum atomic E-state index is 0.274. The molecule has 7 nitrogen and oxygen atoms in total. The number of hydrogen-bond donors (Lipinski definition) is 1. The molecule has 2 aromatic heterocycles. The molecule has 0 radical (unpaired) electrons. The van der Waals surface area contributed by atoms with E-state index in [4.69, 9.17) is 0 Å². The monoisotopic (exact) mass is 289 g/mol. The van der Waals surface area contributed by atoms with Crippen molar-refractivity contribution in [3.63, 3.8) is 0 Å². The van der Waals surface area contributed by atoms with E-state index in [0.29, 0.717) is 11.9 Å².